The van der Waals surface area contributed by atoms with Crippen LogP contribution in [-0.4, -0.2) is 0 Å². The van der Waals surface area contributed by atoms with E-state index < -0.39 is 0 Å². The van der Waals surface area contributed by atoms with Crippen LogP contribution in [0.2, 0.25) is 0 Å². The topological polar surface area (TPSA) is 0 Å². The molecule has 0 saturated heterocycles. The Hall–Kier alpha value is -2.86. The maximum absolute atomic E-state index is 2.25. The lowest BCUT2D eigenvalue weighted by Crippen LogP contribution is -1.95. The molecule has 0 heterocycles. The fraction of sp³-hybridized carbons (Fsp3) is 0.0833. The molecule has 4 aromatic rings. The van der Waals surface area contributed by atoms with Crippen LogP contribution in [0, 0.1) is 13.8 Å². The number of rotatable bonds is 2. The zero-order chi connectivity index (χ0) is 16.5. The quantitative estimate of drug-likeness (QED) is 0.382. The molecule has 24 heavy (non-hydrogen) atoms. The molecule has 0 aromatic heterocycles. The van der Waals surface area contributed by atoms with Crippen molar-refractivity contribution in [2.75, 3.05) is 0 Å². The van der Waals surface area contributed by atoms with Gasteiger partial charge in [0.05, 0.1) is 0 Å². The van der Waals surface area contributed by atoms with Crippen molar-refractivity contribution in [2.24, 2.45) is 0 Å². The van der Waals surface area contributed by atoms with Gasteiger partial charge in [0.1, 0.15) is 0 Å². The van der Waals surface area contributed by atoms with E-state index in [0.717, 1.165) is 0 Å². The third-order valence-electron chi connectivity index (χ3n) is 4.86. The van der Waals surface area contributed by atoms with Crippen molar-refractivity contribution >= 4 is 10.8 Å². The molecule has 0 fully saturated rings. The third-order valence-corrected chi connectivity index (χ3v) is 4.86. The molecule has 116 valence electrons. The molecule has 0 aliphatic heterocycles. The Balaban J connectivity index is 2.18. The summed E-state index contributed by atoms with van der Waals surface area (Å²) in [6.07, 6.45) is 0. The standard InChI is InChI=1S/C24H20/c1-17-21-15-9-10-16-22(21)18(2)24(20-13-7-4-8-14-20)23(17)19-11-5-3-6-12-19/h3-16H,1-2H3. The second-order valence-corrected chi connectivity index (χ2v) is 6.28. The lowest BCUT2D eigenvalue weighted by Gasteiger charge is -2.20. The van der Waals surface area contributed by atoms with Crippen LogP contribution < -0.4 is 0 Å². The van der Waals surface area contributed by atoms with Gasteiger partial charge in [0.2, 0.25) is 0 Å². The van der Waals surface area contributed by atoms with Crippen LogP contribution in [0.1, 0.15) is 11.1 Å². The van der Waals surface area contributed by atoms with E-state index in [0.29, 0.717) is 0 Å². The highest BCUT2D eigenvalue weighted by molar-refractivity contribution is 6.02. The van der Waals surface area contributed by atoms with Gasteiger partial charge in [0.15, 0.2) is 0 Å². The second-order valence-electron chi connectivity index (χ2n) is 6.28. The highest BCUT2D eigenvalue weighted by atomic mass is 14.2. The smallest absolute Gasteiger partial charge is 0.00670 e. The molecule has 0 heteroatoms. The monoisotopic (exact) mass is 308 g/mol. The minimum atomic E-state index is 1.28. The summed E-state index contributed by atoms with van der Waals surface area (Å²) >= 11 is 0. The lowest BCUT2D eigenvalue weighted by atomic mass is 9.84. The van der Waals surface area contributed by atoms with E-state index in [2.05, 4.69) is 98.8 Å². The van der Waals surface area contributed by atoms with E-state index >= 15 is 0 Å². The van der Waals surface area contributed by atoms with E-state index in [1.54, 1.807) is 0 Å². The molecule has 4 rings (SSSR count). The molecule has 0 saturated carbocycles. The van der Waals surface area contributed by atoms with Crippen molar-refractivity contribution in [1.82, 2.24) is 0 Å². The Labute approximate surface area is 143 Å². The Morgan fingerprint density at radius 3 is 1.12 bits per heavy atom. The molecular formula is C24H20. The van der Waals surface area contributed by atoms with Crippen molar-refractivity contribution < 1.29 is 0 Å². The normalized spacial score (nSPS) is 10.9. The first kappa shape index (κ1) is 14.7. The molecule has 0 nitrogen and oxygen atoms in total. The van der Waals surface area contributed by atoms with Crippen LogP contribution in [0.3, 0.4) is 0 Å². The van der Waals surface area contributed by atoms with Crippen molar-refractivity contribution in [3.63, 3.8) is 0 Å². The molecule has 0 spiro atoms. The molecule has 0 radical (unpaired) electrons. The van der Waals surface area contributed by atoms with Crippen LogP contribution >= 0.6 is 0 Å². The second kappa shape index (κ2) is 5.98. The summed E-state index contributed by atoms with van der Waals surface area (Å²) in [5.74, 6) is 0. The molecule has 0 aliphatic carbocycles. The fourth-order valence-corrected chi connectivity index (χ4v) is 3.71. The summed E-state index contributed by atoms with van der Waals surface area (Å²) in [6, 6.07) is 30.2. The van der Waals surface area contributed by atoms with Gasteiger partial charge in [-0.25, -0.2) is 0 Å². The average Bonchev–Trinajstić information content (AvgIpc) is 2.66. The van der Waals surface area contributed by atoms with Gasteiger partial charge < -0.3 is 0 Å². The van der Waals surface area contributed by atoms with Gasteiger partial charge in [-0.2, -0.15) is 0 Å². The van der Waals surface area contributed by atoms with Crippen LogP contribution in [0.5, 0.6) is 0 Å². The average molecular weight is 308 g/mol. The largest absolute Gasteiger partial charge is 0.0622 e. The number of hydrogen-bond donors (Lipinski definition) is 0. The van der Waals surface area contributed by atoms with E-state index in [9.17, 15) is 0 Å². The third kappa shape index (κ3) is 2.32. The summed E-state index contributed by atoms with van der Waals surface area (Å²) in [5, 5.41) is 2.68. The maximum atomic E-state index is 2.25. The SMILES string of the molecule is Cc1c(-c2ccccc2)c(-c2ccccc2)c(C)c2ccccc12. The number of hydrogen-bond acceptors (Lipinski definition) is 0. The number of aryl methyl sites for hydroxylation is 2. The first-order chi connectivity index (χ1) is 11.8. The van der Waals surface area contributed by atoms with E-state index in [1.165, 1.54) is 44.2 Å². The zero-order valence-electron chi connectivity index (χ0n) is 14.1. The molecule has 0 amide bonds. The summed E-state index contributed by atoms with van der Waals surface area (Å²) in [5.41, 5.74) is 7.95. The molecule has 0 aliphatic rings. The Kier molecular flexibility index (Phi) is 3.66. The summed E-state index contributed by atoms with van der Waals surface area (Å²) in [7, 11) is 0. The van der Waals surface area contributed by atoms with Gasteiger partial charge in [-0.3, -0.25) is 0 Å². The van der Waals surface area contributed by atoms with Gasteiger partial charge in [-0.1, -0.05) is 84.9 Å². The van der Waals surface area contributed by atoms with Gasteiger partial charge in [-0.05, 0) is 58.0 Å². The summed E-state index contributed by atoms with van der Waals surface area (Å²) in [4.78, 5) is 0. The van der Waals surface area contributed by atoms with Crippen molar-refractivity contribution in [1.29, 1.82) is 0 Å². The first-order valence-electron chi connectivity index (χ1n) is 8.40. The number of fused-ring (bicyclic) bond motifs is 1. The Morgan fingerprint density at radius 1 is 0.417 bits per heavy atom. The van der Waals surface area contributed by atoms with Crippen LogP contribution in [0.15, 0.2) is 84.9 Å². The summed E-state index contributed by atoms with van der Waals surface area (Å²) < 4.78 is 0. The zero-order valence-corrected chi connectivity index (χ0v) is 14.1. The molecule has 4 aromatic carbocycles. The molecule has 0 bridgehead atoms. The predicted octanol–water partition coefficient (Wildman–Crippen LogP) is 6.79. The van der Waals surface area contributed by atoms with Crippen LogP contribution in [0.25, 0.3) is 33.0 Å². The molecule has 0 unspecified atom stereocenters. The highest BCUT2D eigenvalue weighted by Crippen LogP contribution is 2.42. The van der Waals surface area contributed by atoms with Gasteiger partial charge in [-0.15, -0.1) is 0 Å². The van der Waals surface area contributed by atoms with Crippen molar-refractivity contribution in [3.8, 4) is 22.3 Å². The van der Waals surface area contributed by atoms with E-state index in [-0.39, 0.29) is 0 Å². The van der Waals surface area contributed by atoms with Gasteiger partial charge >= 0.3 is 0 Å². The predicted molar refractivity (Wildman–Crippen MR) is 104 cm³/mol. The van der Waals surface area contributed by atoms with Crippen molar-refractivity contribution in [2.45, 2.75) is 13.8 Å². The maximum Gasteiger partial charge on any atom is -0.00670 e. The molecule has 0 atom stereocenters. The van der Waals surface area contributed by atoms with Gasteiger partial charge in [0.25, 0.3) is 0 Å². The fourth-order valence-electron chi connectivity index (χ4n) is 3.71. The van der Waals surface area contributed by atoms with Crippen molar-refractivity contribution in [3.05, 3.63) is 96.1 Å². The molecular weight excluding hydrogens is 288 g/mol. The summed E-state index contributed by atoms with van der Waals surface area (Å²) in [6.45, 7) is 4.49. The minimum absolute atomic E-state index is 1.28. The van der Waals surface area contributed by atoms with E-state index in [1.807, 2.05) is 0 Å². The lowest BCUT2D eigenvalue weighted by molar-refractivity contribution is 1.44. The minimum Gasteiger partial charge on any atom is -0.0622 e. The Bertz CT molecular complexity index is 912. The Morgan fingerprint density at radius 2 is 0.750 bits per heavy atom. The first-order valence-corrected chi connectivity index (χ1v) is 8.40. The highest BCUT2D eigenvalue weighted by Gasteiger charge is 2.17. The molecule has 0 N–H and O–H groups in total. The number of benzene rings is 4. The van der Waals surface area contributed by atoms with Gasteiger partial charge in [0, 0.05) is 0 Å². The van der Waals surface area contributed by atoms with Crippen LogP contribution in [0.4, 0.5) is 0 Å². The van der Waals surface area contributed by atoms with E-state index in [4.69, 9.17) is 0 Å². The van der Waals surface area contributed by atoms with Crippen LogP contribution in [-0.2, 0) is 0 Å².